The monoisotopic (exact) mass is 228 g/mol. The predicted molar refractivity (Wildman–Crippen MR) is 48.6 cm³/mol. The van der Waals surface area contributed by atoms with Crippen molar-refractivity contribution < 1.29 is 72.6 Å². The van der Waals surface area contributed by atoms with E-state index in [9.17, 15) is 9.59 Å². The fourth-order valence-corrected chi connectivity index (χ4v) is 1.50. The molecule has 78 valence electrons. The molecule has 0 aromatic heterocycles. The summed E-state index contributed by atoms with van der Waals surface area (Å²) in [5.74, 6) is -2.44. The standard InChI is InChI=1S/C9H16O4.K.H/c1-3-5-9(6-4-2,7(10)11)8(12)13;;/h3-6H2,1-2H3,(H,10,11)(H,12,13);;/q;+1;-1. The van der Waals surface area contributed by atoms with Crippen LogP contribution in [0.15, 0.2) is 0 Å². The molecule has 0 aromatic rings. The quantitative estimate of drug-likeness (QED) is 0.445. The Morgan fingerprint density at radius 2 is 1.36 bits per heavy atom. The molecule has 0 saturated carbocycles. The Balaban J connectivity index is -0.000000720. The first-order chi connectivity index (χ1) is 6.01. The van der Waals surface area contributed by atoms with Crippen LogP contribution in [0.25, 0.3) is 0 Å². The number of rotatable bonds is 6. The molecular formula is C9H17KO4. The minimum atomic E-state index is -1.57. The van der Waals surface area contributed by atoms with Gasteiger partial charge in [0.2, 0.25) is 0 Å². The average Bonchev–Trinajstić information content (AvgIpc) is 2.03. The molecule has 14 heavy (non-hydrogen) atoms. The average molecular weight is 228 g/mol. The van der Waals surface area contributed by atoms with Crippen molar-refractivity contribution in [3.8, 4) is 0 Å². The molecule has 4 nitrogen and oxygen atoms in total. The zero-order valence-corrected chi connectivity index (χ0v) is 12.2. The van der Waals surface area contributed by atoms with Crippen molar-refractivity contribution >= 4 is 11.9 Å². The van der Waals surface area contributed by atoms with Gasteiger partial charge < -0.3 is 11.6 Å². The largest absolute Gasteiger partial charge is 1.00 e. The fourth-order valence-electron chi connectivity index (χ4n) is 1.50. The van der Waals surface area contributed by atoms with E-state index in [1.807, 2.05) is 0 Å². The third-order valence-corrected chi connectivity index (χ3v) is 2.17. The summed E-state index contributed by atoms with van der Waals surface area (Å²) in [7, 11) is 0. The van der Waals surface area contributed by atoms with E-state index in [1.165, 1.54) is 0 Å². The van der Waals surface area contributed by atoms with Gasteiger partial charge in [0.1, 0.15) is 0 Å². The van der Waals surface area contributed by atoms with Crippen molar-refractivity contribution in [2.45, 2.75) is 39.5 Å². The Morgan fingerprint density at radius 3 is 1.50 bits per heavy atom. The van der Waals surface area contributed by atoms with Crippen LogP contribution in [0.1, 0.15) is 41.0 Å². The smallest absolute Gasteiger partial charge is 1.00 e. The summed E-state index contributed by atoms with van der Waals surface area (Å²) >= 11 is 0. The first-order valence-electron chi connectivity index (χ1n) is 4.48. The van der Waals surface area contributed by atoms with Crippen molar-refractivity contribution in [2.75, 3.05) is 0 Å². The third kappa shape index (κ3) is 3.98. The van der Waals surface area contributed by atoms with Crippen molar-refractivity contribution in [1.82, 2.24) is 0 Å². The zero-order chi connectivity index (χ0) is 10.5. The van der Waals surface area contributed by atoms with Gasteiger partial charge in [-0.25, -0.2) is 0 Å². The molecule has 2 N–H and O–H groups in total. The van der Waals surface area contributed by atoms with Crippen LogP contribution in [-0.2, 0) is 9.59 Å². The van der Waals surface area contributed by atoms with Gasteiger partial charge in [-0.3, -0.25) is 9.59 Å². The van der Waals surface area contributed by atoms with Crippen molar-refractivity contribution in [1.29, 1.82) is 0 Å². The molecule has 0 aliphatic heterocycles. The zero-order valence-electron chi connectivity index (χ0n) is 10.0. The summed E-state index contributed by atoms with van der Waals surface area (Å²) in [5.41, 5.74) is -1.57. The van der Waals surface area contributed by atoms with E-state index in [1.54, 1.807) is 13.8 Å². The molecule has 0 atom stereocenters. The van der Waals surface area contributed by atoms with Crippen molar-refractivity contribution in [2.24, 2.45) is 5.41 Å². The van der Waals surface area contributed by atoms with E-state index in [0.717, 1.165) is 0 Å². The second-order valence-electron chi connectivity index (χ2n) is 3.19. The van der Waals surface area contributed by atoms with Crippen LogP contribution in [0.4, 0.5) is 0 Å². The number of carbonyl (C=O) groups is 2. The van der Waals surface area contributed by atoms with E-state index in [4.69, 9.17) is 10.2 Å². The summed E-state index contributed by atoms with van der Waals surface area (Å²) in [6.07, 6.45) is 1.54. The van der Waals surface area contributed by atoms with Gasteiger partial charge >= 0.3 is 63.3 Å². The normalized spacial score (nSPS) is 10.4. The van der Waals surface area contributed by atoms with Gasteiger partial charge in [-0.05, 0) is 12.8 Å². The van der Waals surface area contributed by atoms with E-state index < -0.39 is 17.4 Å². The van der Waals surface area contributed by atoms with Crippen LogP contribution in [0.5, 0.6) is 0 Å². The Hall–Kier alpha value is 0.576. The predicted octanol–water partition coefficient (Wildman–Crippen LogP) is -1.14. The molecule has 0 amide bonds. The summed E-state index contributed by atoms with van der Waals surface area (Å²) in [6, 6.07) is 0. The molecule has 0 aliphatic rings. The summed E-state index contributed by atoms with van der Waals surface area (Å²) < 4.78 is 0. The van der Waals surface area contributed by atoms with Gasteiger partial charge in [-0.2, -0.15) is 0 Å². The minimum absolute atomic E-state index is 0. The van der Waals surface area contributed by atoms with Crippen molar-refractivity contribution in [3.63, 3.8) is 0 Å². The first kappa shape index (κ1) is 17.0. The van der Waals surface area contributed by atoms with Gasteiger partial charge in [-0.15, -0.1) is 0 Å². The first-order valence-corrected chi connectivity index (χ1v) is 4.48. The molecule has 0 aliphatic carbocycles. The van der Waals surface area contributed by atoms with Gasteiger partial charge in [0, 0.05) is 0 Å². The maximum absolute atomic E-state index is 10.9. The van der Waals surface area contributed by atoms with Crippen LogP contribution in [-0.4, -0.2) is 22.2 Å². The molecule has 0 bridgehead atoms. The van der Waals surface area contributed by atoms with Gasteiger partial charge in [-0.1, -0.05) is 26.7 Å². The SMILES string of the molecule is CCCC(CCC)(C(=O)O)C(=O)O.[H-].[K+]. The van der Waals surface area contributed by atoms with Crippen LogP contribution in [0, 0.1) is 5.41 Å². The summed E-state index contributed by atoms with van der Waals surface area (Å²) in [4.78, 5) is 21.7. The maximum Gasteiger partial charge on any atom is 1.00 e. The molecule has 0 saturated heterocycles. The van der Waals surface area contributed by atoms with Gasteiger partial charge in [0.25, 0.3) is 0 Å². The van der Waals surface area contributed by atoms with E-state index >= 15 is 0 Å². The minimum Gasteiger partial charge on any atom is -1.00 e. The Labute approximate surface area is 128 Å². The molecule has 0 rings (SSSR count). The van der Waals surface area contributed by atoms with Crippen LogP contribution >= 0.6 is 0 Å². The molecule has 5 heteroatoms. The van der Waals surface area contributed by atoms with Gasteiger partial charge in [0.15, 0.2) is 5.41 Å². The van der Waals surface area contributed by atoms with Crippen LogP contribution in [0.3, 0.4) is 0 Å². The molecule has 0 fully saturated rings. The molecule has 0 radical (unpaired) electrons. The number of hydrogen-bond acceptors (Lipinski definition) is 2. The second kappa shape index (κ2) is 7.81. The molecule has 0 aromatic carbocycles. The van der Waals surface area contributed by atoms with Crippen molar-refractivity contribution in [3.05, 3.63) is 0 Å². The number of carboxylic acid groups (broad SMARTS) is 2. The Kier molecular flexibility index (Phi) is 9.48. The molecular weight excluding hydrogens is 211 g/mol. The maximum atomic E-state index is 10.9. The summed E-state index contributed by atoms with van der Waals surface area (Å²) in [5, 5.41) is 17.8. The molecule has 0 unspecified atom stereocenters. The second-order valence-corrected chi connectivity index (χ2v) is 3.19. The van der Waals surface area contributed by atoms with Gasteiger partial charge in [0.05, 0.1) is 0 Å². The van der Waals surface area contributed by atoms with E-state index in [0.29, 0.717) is 12.8 Å². The van der Waals surface area contributed by atoms with Crippen LogP contribution in [0.2, 0.25) is 0 Å². The van der Waals surface area contributed by atoms with E-state index in [2.05, 4.69) is 0 Å². The van der Waals surface area contributed by atoms with Crippen LogP contribution < -0.4 is 51.4 Å². The van der Waals surface area contributed by atoms with E-state index in [-0.39, 0.29) is 65.7 Å². The topological polar surface area (TPSA) is 74.6 Å². The third-order valence-electron chi connectivity index (χ3n) is 2.17. The Bertz CT molecular complexity index is 186. The summed E-state index contributed by atoms with van der Waals surface area (Å²) in [6.45, 7) is 3.58. The Morgan fingerprint density at radius 1 is 1.07 bits per heavy atom. The fraction of sp³-hybridized carbons (Fsp3) is 0.778. The number of hydrogen-bond donors (Lipinski definition) is 2. The molecule has 0 spiro atoms. The number of carboxylic acids is 2. The molecule has 0 heterocycles. The number of aliphatic carboxylic acids is 2.